The van der Waals surface area contributed by atoms with Crippen LogP contribution < -0.4 is 11.2 Å². The Labute approximate surface area is 197 Å². The van der Waals surface area contributed by atoms with E-state index >= 15 is 0 Å². The molecule has 2 saturated heterocycles. The summed E-state index contributed by atoms with van der Waals surface area (Å²) in [5.74, 6) is -0.687. The summed E-state index contributed by atoms with van der Waals surface area (Å²) in [4.78, 5) is 38.2. The third-order valence-electron chi connectivity index (χ3n) is 6.79. The van der Waals surface area contributed by atoms with Gasteiger partial charge in [0.25, 0.3) is 5.56 Å². The van der Waals surface area contributed by atoms with Gasteiger partial charge in [-0.25, -0.2) is 9.36 Å². The fourth-order valence-electron chi connectivity index (χ4n) is 4.72. The normalized spacial score (nSPS) is 32.1. The number of phosphoric acid groups is 1. The molecule has 12 heteroatoms. The second-order valence-electron chi connectivity index (χ2n) is 9.85. The van der Waals surface area contributed by atoms with Crippen molar-refractivity contribution in [3.63, 3.8) is 0 Å². The van der Waals surface area contributed by atoms with Crippen molar-refractivity contribution in [3.8, 4) is 0 Å². The average Bonchev–Trinajstić information content (AvgIpc) is 3.04. The van der Waals surface area contributed by atoms with E-state index in [-0.39, 0.29) is 25.3 Å². The molecule has 1 aromatic rings. The predicted molar refractivity (Wildman–Crippen MR) is 120 cm³/mol. The number of phosphoric ester groups is 1. The van der Waals surface area contributed by atoms with E-state index in [0.29, 0.717) is 6.42 Å². The molecule has 1 aliphatic carbocycles. The summed E-state index contributed by atoms with van der Waals surface area (Å²) in [7, 11) is -3.90. The lowest BCUT2D eigenvalue weighted by atomic mass is 9.84. The van der Waals surface area contributed by atoms with Crippen LogP contribution in [0.1, 0.15) is 65.5 Å². The highest BCUT2D eigenvalue weighted by Crippen LogP contribution is 2.60. The van der Waals surface area contributed by atoms with Crippen LogP contribution in [-0.2, 0) is 32.4 Å². The molecule has 3 aliphatic rings. The summed E-state index contributed by atoms with van der Waals surface area (Å²) in [6.07, 6.45) is 4.77. The van der Waals surface area contributed by atoms with Crippen molar-refractivity contribution in [2.24, 2.45) is 11.3 Å². The average molecular weight is 500 g/mol. The molecule has 0 spiro atoms. The van der Waals surface area contributed by atoms with Crippen LogP contribution in [-0.4, -0.2) is 47.0 Å². The summed E-state index contributed by atoms with van der Waals surface area (Å²) in [5.41, 5.74) is -1.91. The molecule has 0 radical (unpaired) electrons. The molecule has 3 fully saturated rings. The van der Waals surface area contributed by atoms with Crippen molar-refractivity contribution in [3.05, 3.63) is 33.1 Å². The topological polar surface area (TPSA) is 135 Å². The van der Waals surface area contributed by atoms with E-state index in [0.717, 1.165) is 25.7 Å². The Hall–Kier alpha value is -1.78. The Morgan fingerprint density at radius 1 is 1.29 bits per heavy atom. The van der Waals surface area contributed by atoms with Crippen molar-refractivity contribution >= 4 is 13.8 Å². The minimum atomic E-state index is -3.90. The predicted octanol–water partition coefficient (Wildman–Crippen LogP) is 2.90. The first kappa shape index (κ1) is 25.3. The number of H-pyrrole nitrogens is 1. The van der Waals surface area contributed by atoms with Gasteiger partial charge in [0.15, 0.2) is 0 Å². The van der Waals surface area contributed by atoms with Crippen LogP contribution in [0.15, 0.2) is 21.9 Å². The Bertz CT molecular complexity index is 1050. The summed E-state index contributed by atoms with van der Waals surface area (Å²) in [6.45, 7) is 5.35. The highest BCUT2D eigenvalue weighted by Gasteiger charge is 2.58. The van der Waals surface area contributed by atoms with Crippen molar-refractivity contribution in [2.45, 2.75) is 83.8 Å². The third-order valence-corrected chi connectivity index (χ3v) is 8.24. The second-order valence-corrected chi connectivity index (χ2v) is 11.5. The lowest BCUT2D eigenvalue weighted by Crippen LogP contribution is -2.42. The van der Waals surface area contributed by atoms with Crippen LogP contribution in [0.4, 0.5) is 0 Å². The van der Waals surface area contributed by atoms with Crippen LogP contribution in [0.25, 0.3) is 0 Å². The molecule has 0 aromatic carbocycles. The number of nitrogens with one attached hydrogen (secondary N) is 1. The summed E-state index contributed by atoms with van der Waals surface area (Å²) in [5, 5.41) is 0. The summed E-state index contributed by atoms with van der Waals surface area (Å²) < 4.78 is 42.6. The van der Waals surface area contributed by atoms with Crippen LogP contribution in [0, 0.1) is 11.3 Å². The minimum absolute atomic E-state index is 0.000305. The molecule has 0 bridgehead atoms. The van der Waals surface area contributed by atoms with Crippen molar-refractivity contribution in [2.75, 3.05) is 13.2 Å². The molecule has 11 nitrogen and oxygen atoms in total. The lowest BCUT2D eigenvalue weighted by molar-refractivity contribution is -0.155. The number of carbonyl (C=O) groups is 1. The maximum absolute atomic E-state index is 13.1. The number of aromatic nitrogens is 2. The van der Waals surface area contributed by atoms with Gasteiger partial charge in [-0.15, -0.1) is 0 Å². The molecule has 5 atom stereocenters. The fraction of sp³-hybridized carbons (Fsp3) is 0.773. The van der Waals surface area contributed by atoms with Gasteiger partial charge in [-0.2, -0.15) is 0 Å². The van der Waals surface area contributed by atoms with Gasteiger partial charge < -0.3 is 9.47 Å². The molecule has 34 heavy (non-hydrogen) atoms. The van der Waals surface area contributed by atoms with E-state index in [1.807, 2.05) is 13.8 Å². The molecular formula is C22H33N2O9P. The van der Waals surface area contributed by atoms with E-state index in [9.17, 15) is 18.9 Å². The number of carbonyl (C=O) groups excluding carboxylic acids is 1. The fourth-order valence-corrected chi connectivity index (χ4v) is 6.26. The van der Waals surface area contributed by atoms with Gasteiger partial charge in [0, 0.05) is 17.7 Å². The van der Waals surface area contributed by atoms with Gasteiger partial charge in [-0.3, -0.25) is 32.7 Å². The molecule has 1 N–H and O–H groups in total. The smallest absolute Gasteiger partial charge is 0.462 e. The van der Waals surface area contributed by atoms with Gasteiger partial charge in [-0.05, 0) is 32.1 Å². The zero-order valence-corrected chi connectivity index (χ0v) is 20.7. The van der Waals surface area contributed by atoms with Crippen LogP contribution in [0.2, 0.25) is 0 Å². The molecule has 1 unspecified atom stereocenters. The van der Waals surface area contributed by atoms with Gasteiger partial charge in [0.05, 0.1) is 19.1 Å². The highest BCUT2D eigenvalue weighted by molar-refractivity contribution is 7.48. The van der Waals surface area contributed by atoms with Crippen molar-refractivity contribution < 1.29 is 32.4 Å². The van der Waals surface area contributed by atoms with Gasteiger partial charge in [0.2, 0.25) is 0 Å². The van der Waals surface area contributed by atoms with E-state index < -0.39 is 48.8 Å². The van der Waals surface area contributed by atoms with Crippen molar-refractivity contribution in [1.29, 1.82) is 0 Å². The Kier molecular flexibility index (Phi) is 7.50. The van der Waals surface area contributed by atoms with E-state index in [1.165, 1.54) is 23.3 Å². The maximum Gasteiger partial charge on any atom is 0.475 e. The van der Waals surface area contributed by atoms with Crippen molar-refractivity contribution in [1.82, 2.24) is 9.55 Å². The first-order valence-corrected chi connectivity index (χ1v) is 13.3. The van der Waals surface area contributed by atoms with Crippen LogP contribution >= 0.6 is 7.82 Å². The van der Waals surface area contributed by atoms with E-state index in [4.69, 9.17) is 23.0 Å². The SMILES string of the molecule is CC(CCO[P@@]1(=O)OC[C@H]2O[C@@H](n3ccc(=O)[nH]c3=O)C(C)(C)[C@@H]2O1)C(=O)OC1CCCCC1. The molecule has 1 aromatic heterocycles. The zero-order chi connectivity index (χ0) is 24.5. The van der Waals surface area contributed by atoms with E-state index in [2.05, 4.69) is 4.98 Å². The molecule has 190 valence electrons. The third kappa shape index (κ3) is 5.39. The van der Waals surface area contributed by atoms with E-state index in [1.54, 1.807) is 6.92 Å². The number of esters is 1. The Balaban J connectivity index is 1.33. The lowest BCUT2D eigenvalue weighted by Gasteiger charge is -2.36. The monoisotopic (exact) mass is 500 g/mol. The largest absolute Gasteiger partial charge is 0.475 e. The molecule has 0 amide bonds. The number of rotatable bonds is 7. The second kappa shape index (κ2) is 10.1. The number of hydrogen-bond acceptors (Lipinski definition) is 9. The number of ether oxygens (including phenoxy) is 2. The Morgan fingerprint density at radius 2 is 2.03 bits per heavy atom. The van der Waals surface area contributed by atoms with Gasteiger partial charge >= 0.3 is 19.5 Å². The molecule has 4 rings (SSSR count). The number of fused-ring (bicyclic) bond motifs is 1. The Morgan fingerprint density at radius 3 is 2.74 bits per heavy atom. The molecule has 2 aliphatic heterocycles. The maximum atomic E-state index is 13.1. The van der Waals surface area contributed by atoms with Gasteiger partial charge in [-0.1, -0.05) is 27.2 Å². The standard InChI is InChI=1S/C22H33N2O9P/c1-14(19(26)31-15-7-5-4-6-8-15)10-12-29-34(28)30-13-16-18(33-34)22(2,3)20(32-16)24-11-9-17(25)23-21(24)27/h9,11,14-16,18,20H,4-8,10,12-13H2,1-3H3,(H,23,25,27)/t14?,16-,18-,20-,34+/m1/s1. The summed E-state index contributed by atoms with van der Waals surface area (Å²) >= 11 is 0. The molecule has 3 heterocycles. The number of aromatic amines is 1. The number of hydrogen-bond donors (Lipinski definition) is 1. The van der Waals surface area contributed by atoms with Crippen LogP contribution in [0.3, 0.4) is 0 Å². The minimum Gasteiger partial charge on any atom is -0.462 e. The number of nitrogens with zero attached hydrogens (tertiary/aromatic N) is 1. The molecule has 1 saturated carbocycles. The summed E-state index contributed by atoms with van der Waals surface area (Å²) in [6, 6.07) is 1.23. The van der Waals surface area contributed by atoms with Crippen LogP contribution in [0.5, 0.6) is 0 Å². The highest BCUT2D eigenvalue weighted by atomic mass is 31.2. The first-order chi connectivity index (χ1) is 16.1. The molecular weight excluding hydrogens is 467 g/mol. The van der Waals surface area contributed by atoms with Gasteiger partial charge in [0.1, 0.15) is 24.5 Å². The zero-order valence-electron chi connectivity index (χ0n) is 19.8. The first-order valence-electron chi connectivity index (χ1n) is 11.8. The quantitative estimate of drug-likeness (QED) is 0.443.